The van der Waals surface area contributed by atoms with Crippen LogP contribution in [0.2, 0.25) is 0 Å². The fraction of sp³-hybridized carbons (Fsp3) is 0.214. The number of hydrogen-bond donors (Lipinski definition) is 0. The Bertz CT molecular complexity index is 1430. The number of carbonyl (C=O) groups is 1. The zero-order chi connectivity index (χ0) is 24.4. The molecule has 0 aliphatic carbocycles. The van der Waals surface area contributed by atoms with Gasteiger partial charge in [0.2, 0.25) is 11.2 Å². The van der Waals surface area contributed by atoms with Crippen LogP contribution >= 0.6 is 0 Å². The molecule has 0 fully saturated rings. The third-order valence-electron chi connectivity index (χ3n) is 5.66. The van der Waals surface area contributed by atoms with Gasteiger partial charge in [-0.3, -0.25) is 9.59 Å². The number of hydrogen-bond acceptors (Lipinski definition) is 6. The topological polar surface area (TPSA) is 75.0 Å². The maximum absolute atomic E-state index is 13.6. The van der Waals surface area contributed by atoms with E-state index < -0.39 is 0 Å². The lowest BCUT2D eigenvalue weighted by molar-refractivity contribution is 0.0920. The monoisotopic (exact) mass is 458 g/mol. The van der Waals surface area contributed by atoms with Crippen molar-refractivity contribution in [2.75, 3.05) is 20.8 Å². The highest BCUT2D eigenvalue weighted by molar-refractivity contribution is 5.97. The molecule has 0 saturated carbocycles. The molecule has 0 atom stereocenters. The van der Waals surface area contributed by atoms with E-state index in [4.69, 9.17) is 18.6 Å². The normalized spacial score (nSPS) is 10.9. The van der Waals surface area contributed by atoms with E-state index in [0.29, 0.717) is 33.6 Å². The largest absolute Gasteiger partial charge is 0.493 e. The molecule has 4 rings (SSSR count). The summed E-state index contributed by atoms with van der Waals surface area (Å²) in [5, 5.41) is 0.424. The van der Waals surface area contributed by atoms with Gasteiger partial charge in [-0.2, -0.15) is 0 Å². The van der Waals surface area contributed by atoms with Crippen LogP contribution < -0.4 is 19.6 Å². The van der Waals surface area contributed by atoms with Crippen LogP contribution in [0.3, 0.4) is 0 Å². The van der Waals surface area contributed by atoms with E-state index >= 15 is 0 Å². The zero-order valence-corrected chi connectivity index (χ0v) is 19.9. The lowest BCUT2D eigenvalue weighted by Gasteiger charge is -2.14. The molecule has 1 aromatic heterocycles. The van der Waals surface area contributed by atoms with Gasteiger partial charge in [0.25, 0.3) is 0 Å². The molecule has 0 aliphatic rings. The van der Waals surface area contributed by atoms with Crippen LogP contribution in [0, 0.1) is 20.8 Å². The van der Waals surface area contributed by atoms with Gasteiger partial charge in [-0.15, -0.1) is 0 Å². The number of aryl methyl sites for hydroxylation is 3. The molecule has 0 N–H and O–H groups in total. The maximum Gasteiger partial charge on any atom is 0.235 e. The highest BCUT2D eigenvalue weighted by Crippen LogP contribution is 2.37. The van der Waals surface area contributed by atoms with Gasteiger partial charge >= 0.3 is 0 Å². The third kappa shape index (κ3) is 4.39. The van der Waals surface area contributed by atoms with Crippen LogP contribution in [0.4, 0.5) is 0 Å². The van der Waals surface area contributed by atoms with E-state index in [1.807, 2.05) is 45.0 Å². The summed E-state index contributed by atoms with van der Waals surface area (Å²) in [4.78, 5) is 26.3. The summed E-state index contributed by atoms with van der Waals surface area (Å²) in [5.41, 5.74) is 3.98. The number of ketones is 1. The summed E-state index contributed by atoms with van der Waals surface area (Å²) in [6.07, 6.45) is 0. The summed E-state index contributed by atoms with van der Waals surface area (Å²) < 4.78 is 22.8. The average Bonchev–Trinajstić information content (AvgIpc) is 2.82. The minimum Gasteiger partial charge on any atom is -0.493 e. The summed E-state index contributed by atoms with van der Waals surface area (Å²) in [7, 11) is 3.08. The van der Waals surface area contributed by atoms with E-state index in [1.165, 1.54) is 7.11 Å². The fourth-order valence-corrected chi connectivity index (χ4v) is 3.93. The zero-order valence-electron chi connectivity index (χ0n) is 19.9. The minimum atomic E-state index is -0.333. The first-order valence-corrected chi connectivity index (χ1v) is 10.9. The molecule has 34 heavy (non-hydrogen) atoms. The van der Waals surface area contributed by atoms with E-state index in [1.54, 1.807) is 37.4 Å². The van der Waals surface area contributed by atoms with Gasteiger partial charge in [-0.25, -0.2) is 0 Å². The van der Waals surface area contributed by atoms with Crippen LogP contribution in [-0.4, -0.2) is 26.6 Å². The van der Waals surface area contributed by atoms with Crippen molar-refractivity contribution in [2.24, 2.45) is 0 Å². The van der Waals surface area contributed by atoms with Gasteiger partial charge in [0, 0.05) is 11.1 Å². The van der Waals surface area contributed by atoms with Crippen molar-refractivity contribution in [3.63, 3.8) is 0 Å². The molecular weight excluding hydrogens is 432 g/mol. The summed E-state index contributed by atoms with van der Waals surface area (Å²) in [6, 6.07) is 16.1. The number of ether oxygens (including phenoxy) is 3. The lowest BCUT2D eigenvalue weighted by atomic mass is 10.0. The number of benzene rings is 3. The first-order valence-electron chi connectivity index (χ1n) is 10.9. The summed E-state index contributed by atoms with van der Waals surface area (Å²) in [6.45, 7) is 5.44. The Labute approximate surface area is 197 Å². The van der Waals surface area contributed by atoms with Crippen molar-refractivity contribution in [1.82, 2.24) is 0 Å². The Morgan fingerprint density at radius 3 is 2.24 bits per heavy atom. The predicted molar refractivity (Wildman–Crippen MR) is 132 cm³/mol. The van der Waals surface area contributed by atoms with Crippen LogP contribution in [0.1, 0.15) is 27.0 Å². The third-order valence-corrected chi connectivity index (χ3v) is 5.66. The maximum atomic E-state index is 13.6. The Kier molecular flexibility index (Phi) is 6.41. The second-order valence-electron chi connectivity index (χ2n) is 8.19. The van der Waals surface area contributed by atoms with Crippen molar-refractivity contribution < 1.29 is 23.4 Å². The molecule has 0 amide bonds. The molecule has 0 spiro atoms. The van der Waals surface area contributed by atoms with Crippen molar-refractivity contribution in [1.29, 1.82) is 0 Å². The highest BCUT2D eigenvalue weighted by Gasteiger charge is 2.22. The molecule has 174 valence electrons. The van der Waals surface area contributed by atoms with Gasteiger partial charge in [0.15, 0.2) is 29.6 Å². The quantitative estimate of drug-likeness (QED) is 0.333. The van der Waals surface area contributed by atoms with Gasteiger partial charge in [-0.1, -0.05) is 35.9 Å². The van der Waals surface area contributed by atoms with Gasteiger partial charge in [0.05, 0.1) is 19.6 Å². The van der Waals surface area contributed by atoms with Crippen LogP contribution in [0.25, 0.3) is 22.3 Å². The summed E-state index contributed by atoms with van der Waals surface area (Å²) >= 11 is 0. The predicted octanol–water partition coefficient (Wildman–Crippen LogP) is 5.66. The first-order chi connectivity index (χ1) is 16.3. The molecule has 1 heterocycles. The first kappa shape index (κ1) is 23.1. The molecule has 4 aromatic rings. The number of fused-ring (bicyclic) bond motifs is 1. The van der Waals surface area contributed by atoms with Gasteiger partial charge in [-0.05, 0) is 56.2 Å². The number of rotatable bonds is 7. The molecule has 6 nitrogen and oxygen atoms in total. The Morgan fingerprint density at radius 1 is 0.853 bits per heavy atom. The van der Waals surface area contributed by atoms with E-state index in [9.17, 15) is 9.59 Å². The molecule has 0 radical (unpaired) electrons. The van der Waals surface area contributed by atoms with E-state index in [0.717, 1.165) is 16.7 Å². The minimum absolute atomic E-state index is 0.0212. The average molecular weight is 459 g/mol. The smallest absolute Gasteiger partial charge is 0.235 e. The molecular formula is C28H26O6. The molecule has 6 heteroatoms. The van der Waals surface area contributed by atoms with E-state index in [2.05, 4.69) is 0 Å². The highest BCUT2D eigenvalue weighted by atomic mass is 16.5. The van der Waals surface area contributed by atoms with Gasteiger partial charge < -0.3 is 18.6 Å². The van der Waals surface area contributed by atoms with E-state index in [-0.39, 0.29) is 29.3 Å². The van der Waals surface area contributed by atoms with Gasteiger partial charge in [0.1, 0.15) is 5.58 Å². The summed E-state index contributed by atoms with van der Waals surface area (Å²) in [5.74, 6) is 0.980. The number of Topliss-reactive ketones (excluding diaryl/α,β-unsaturated/α-hetero) is 1. The van der Waals surface area contributed by atoms with Crippen molar-refractivity contribution in [2.45, 2.75) is 20.8 Å². The second-order valence-corrected chi connectivity index (χ2v) is 8.19. The molecule has 0 bridgehead atoms. The second kappa shape index (κ2) is 9.43. The van der Waals surface area contributed by atoms with Crippen molar-refractivity contribution in [3.05, 3.63) is 87.1 Å². The molecule has 0 unspecified atom stereocenters. The van der Waals surface area contributed by atoms with Crippen LogP contribution in [0.5, 0.6) is 17.2 Å². The van der Waals surface area contributed by atoms with Crippen molar-refractivity contribution >= 4 is 16.8 Å². The molecule has 3 aromatic carbocycles. The number of methoxy groups -OCH3 is 2. The Morgan fingerprint density at radius 2 is 1.56 bits per heavy atom. The molecule has 0 aliphatic heterocycles. The Balaban J connectivity index is 1.85. The van der Waals surface area contributed by atoms with Crippen molar-refractivity contribution in [3.8, 4) is 28.6 Å². The van der Waals surface area contributed by atoms with Crippen LogP contribution in [-0.2, 0) is 0 Å². The number of carbonyl (C=O) groups excluding carboxylic acids is 1. The lowest BCUT2D eigenvalue weighted by Crippen LogP contribution is -2.17. The standard InChI is InChI=1S/C28H26O6/c1-16-6-8-19(9-7-16)21(29)15-33-28-26(30)25-18(3)12-17(2)13-24(25)34-27(28)20-10-11-22(31-4)23(14-20)32-5/h6-14H,15H2,1-5H3. The van der Waals surface area contributed by atoms with Crippen LogP contribution in [0.15, 0.2) is 63.8 Å². The Hall–Kier alpha value is -4.06. The SMILES string of the molecule is COc1ccc(-c2oc3cc(C)cc(C)c3c(=O)c2OCC(=O)c2ccc(C)cc2)cc1OC. The molecule has 0 saturated heterocycles. The fourth-order valence-electron chi connectivity index (χ4n) is 3.93.